The van der Waals surface area contributed by atoms with E-state index >= 15 is 0 Å². The van der Waals surface area contributed by atoms with Gasteiger partial charge in [-0.15, -0.1) is 0 Å². The highest BCUT2D eigenvalue weighted by atomic mass is 19.3. The summed E-state index contributed by atoms with van der Waals surface area (Å²) in [6.45, 7) is -1.17. The lowest BCUT2D eigenvalue weighted by atomic mass is 10.2. The third-order valence-electron chi connectivity index (χ3n) is 3.72. The van der Waals surface area contributed by atoms with E-state index in [1.165, 1.54) is 0 Å². The number of carbonyl (C=O) groups excluding carboxylic acids is 1. The Balaban J connectivity index is 1.63. The van der Waals surface area contributed by atoms with Crippen LogP contribution in [-0.2, 0) is 0 Å². The molecular formula is C14H15F3N6O2. The van der Waals surface area contributed by atoms with Crippen LogP contribution in [0.5, 0.6) is 5.88 Å². The molecule has 1 aromatic rings. The van der Waals surface area contributed by atoms with Gasteiger partial charge in [0.05, 0.1) is 12.2 Å². The molecule has 0 fully saturated rings. The van der Waals surface area contributed by atoms with Gasteiger partial charge in [0, 0.05) is 25.1 Å². The first kappa shape index (κ1) is 16.9. The molecule has 1 N–H and O–H groups in total. The van der Waals surface area contributed by atoms with Crippen molar-refractivity contribution < 1.29 is 22.7 Å². The van der Waals surface area contributed by atoms with Crippen molar-refractivity contribution in [2.24, 2.45) is 5.10 Å². The van der Waals surface area contributed by atoms with E-state index in [1.807, 2.05) is 22.9 Å². The average molecular weight is 356 g/mol. The van der Waals surface area contributed by atoms with Crippen molar-refractivity contribution in [2.75, 3.05) is 13.7 Å². The summed E-state index contributed by atoms with van der Waals surface area (Å²) in [5.74, 6) is -2.59. The molecule has 11 heteroatoms. The number of allylic oxidation sites excluding steroid dienone is 1. The number of nitrogens with one attached hydrogen (secondary N) is 1. The first-order valence-electron chi connectivity index (χ1n) is 7.25. The smallest absolute Gasteiger partial charge is 0.388 e. The largest absolute Gasteiger partial charge is 0.414 e. The molecule has 0 saturated carbocycles. The van der Waals surface area contributed by atoms with Crippen molar-refractivity contribution in [1.29, 1.82) is 0 Å². The van der Waals surface area contributed by atoms with Crippen molar-refractivity contribution in [3.05, 3.63) is 35.5 Å². The van der Waals surface area contributed by atoms with Crippen LogP contribution in [0.1, 0.15) is 17.3 Å². The molecule has 3 heterocycles. The van der Waals surface area contributed by atoms with E-state index < -0.39 is 24.2 Å². The van der Waals surface area contributed by atoms with Crippen LogP contribution in [0.2, 0.25) is 0 Å². The predicted molar refractivity (Wildman–Crippen MR) is 80.6 cm³/mol. The van der Waals surface area contributed by atoms with E-state index in [9.17, 15) is 18.0 Å². The quantitative estimate of drug-likeness (QED) is 0.854. The van der Waals surface area contributed by atoms with Gasteiger partial charge in [-0.05, 0) is 13.0 Å². The third-order valence-corrected chi connectivity index (χ3v) is 3.72. The average Bonchev–Trinajstić information content (AvgIpc) is 3.05. The zero-order valence-corrected chi connectivity index (χ0v) is 13.4. The Morgan fingerprint density at radius 1 is 1.48 bits per heavy atom. The Hall–Kier alpha value is -2.98. The summed E-state index contributed by atoms with van der Waals surface area (Å²) in [5.41, 5.74) is 0.807. The highest BCUT2D eigenvalue weighted by Crippen LogP contribution is 2.26. The second-order valence-corrected chi connectivity index (χ2v) is 5.39. The summed E-state index contributed by atoms with van der Waals surface area (Å²) in [4.78, 5) is 19.3. The molecule has 134 valence electrons. The fourth-order valence-corrected chi connectivity index (χ4v) is 2.57. The fourth-order valence-electron chi connectivity index (χ4n) is 2.57. The van der Waals surface area contributed by atoms with Gasteiger partial charge in [0.25, 0.3) is 11.8 Å². The minimum atomic E-state index is -3.19. The number of halogens is 3. The van der Waals surface area contributed by atoms with Crippen LogP contribution in [0.4, 0.5) is 13.2 Å². The number of aromatic nitrogens is 1. The standard InChI is InChI=1S/C14H15F3N6O2/c1-8-5-22-7-20-21(2)14(22)23(8)6-19-11(24)9-3-10(15)12(18-4-9)25-13(16)17/h3-5,7,13-14H,6H2,1-2H3,(H,19,24). The Morgan fingerprint density at radius 2 is 2.24 bits per heavy atom. The minimum absolute atomic E-state index is 0.104. The van der Waals surface area contributed by atoms with Gasteiger partial charge in [-0.25, -0.2) is 9.37 Å². The summed E-state index contributed by atoms with van der Waals surface area (Å²) in [6, 6.07) is 0.795. The maximum absolute atomic E-state index is 13.7. The number of pyridine rings is 1. The molecule has 1 amide bonds. The number of hydrogen-bond donors (Lipinski definition) is 1. The van der Waals surface area contributed by atoms with Gasteiger partial charge in [0.1, 0.15) is 6.34 Å². The lowest BCUT2D eigenvalue weighted by Crippen LogP contribution is -2.48. The number of amides is 1. The number of alkyl halides is 2. The second-order valence-electron chi connectivity index (χ2n) is 5.39. The highest BCUT2D eigenvalue weighted by molar-refractivity contribution is 5.93. The molecule has 1 atom stereocenters. The van der Waals surface area contributed by atoms with Crippen molar-refractivity contribution >= 4 is 12.2 Å². The number of carbonyl (C=O) groups is 1. The van der Waals surface area contributed by atoms with E-state index in [2.05, 4.69) is 20.1 Å². The molecule has 0 bridgehead atoms. The number of fused-ring (bicyclic) bond motifs is 1. The van der Waals surface area contributed by atoms with Gasteiger partial charge in [0.15, 0.2) is 5.82 Å². The Labute approximate surface area is 141 Å². The number of rotatable bonds is 5. The van der Waals surface area contributed by atoms with E-state index in [1.54, 1.807) is 18.4 Å². The topological polar surface area (TPSA) is 73.3 Å². The monoisotopic (exact) mass is 356 g/mol. The summed E-state index contributed by atoms with van der Waals surface area (Å²) in [7, 11) is 1.80. The molecule has 25 heavy (non-hydrogen) atoms. The summed E-state index contributed by atoms with van der Waals surface area (Å²) < 4.78 is 41.7. The molecule has 0 radical (unpaired) electrons. The number of hydrogen-bond acceptors (Lipinski definition) is 7. The van der Waals surface area contributed by atoms with Gasteiger partial charge in [-0.2, -0.15) is 13.9 Å². The van der Waals surface area contributed by atoms with E-state index in [0.29, 0.717) is 0 Å². The van der Waals surface area contributed by atoms with E-state index in [-0.39, 0.29) is 18.5 Å². The number of hydrazone groups is 1. The Bertz CT molecular complexity index is 741. The predicted octanol–water partition coefficient (Wildman–Crippen LogP) is 1.16. The molecule has 0 aromatic carbocycles. The highest BCUT2D eigenvalue weighted by Gasteiger charge is 2.35. The van der Waals surface area contributed by atoms with Crippen molar-refractivity contribution in [2.45, 2.75) is 19.8 Å². The second kappa shape index (κ2) is 6.49. The van der Waals surface area contributed by atoms with Gasteiger partial charge < -0.3 is 15.0 Å². The van der Waals surface area contributed by atoms with Crippen molar-refractivity contribution in [3.63, 3.8) is 0 Å². The van der Waals surface area contributed by atoms with E-state index in [4.69, 9.17) is 0 Å². The van der Waals surface area contributed by atoms with Crippen LogP contribution < -0.4 is 10.1 Å². The minimum Gasteiger partial charge on any atom is -0.414 e. The Kier molecular flexibility index (Phi) is 4.38. The van der Waals surface area contributed by atoms with Gasteiger partial charge in [0.2, 0.25) is 6.29 Å². The molecule has 2 aliphatic rings. The van der Waals surface area contributed by atoms with Crippen molar-refractivity contribution in [1.82, 2.24) is 25.1 Å². The molecule has 1 aromatic heterocycles. The first-order valence-corrected chi connectivity index (χ1v) is 7.25. The molecule has 8 nitrogen and oxygen atoms in total. The molecule has 1 unspecified atom stereocenters. The Morgan fingerprint density at radius 3 is 2.92 bits per heavy atom. The van der Waals surface area contributed by atoms with Crippen LogP contribution >= 0.6 is 0 Å². The van der Waals surface area contributed by atoms with Gasteiger partial charge in [-0.3, -0.25) is 14.7 Å². The normalized spacial score (nSPS) is 18.7. The SMILES string of the molecule is CC1=CN2C=NN(C)C2N1CNC(=O)c1cnc(OC(F)F)c(F)c1. The van der Waals surface area contributed by atoms with Gasteiger partial charge in [-0.1, -0.05) is 0 Å². The number of ether oxygens (including phenoxy) is 1. The molecule has 0 saturated heterocycles. The lowest BCUT2D eigenvalue weighted by molar-refractivity contribution is -0.0553. The molecule has 3 rings (SSSR count). The zero-order chi connectivity index (χ0) is 18.1. The molecule has 2 aliphatic heterocycles. The zero-order valence-electron chi connectivity index (χ0n) is 13.4. The fraction of sp³-hybridized carbons (Fsp3) is 0.357. The van der Waals surface area contributed by atoms with Crippen molar-refractivity contribution in [3.8, 4) is 5.88 Å². The van der Waals surface area contributed by atoms with Gasteiger partial charge >= 0.3 is 6.61 Å². The maximum atomic E-state index is 13.7. The lowest BCUT2D eigenvalue weighted by Gasteiger charge is -2.32. The molecule has 0 spiro atoms. The maximum Gasteiger partial charge on any atom is 0.388 e. The first-order chi connectivity index (χ1) is 11.9. The molecule has 0 aliphatic carbocycles. The summed E-state index contributed by atoms with van der Waals surface area (Å²) in [6.07, 6.45) is 4.33. The number of nitrogens with zero attached hydrogens (tertiary/aromatic N) is 5. The van der Waals surface area contributed by atoms with Crippen LogP contribution in [0.25, 0.3) is 0 Å². The summed E-state index contributed by atoms with van der Waals surface area (Å²) in [5, 5.41) is 8.49. The van der Waals surface area contributed by atoms with Crippen LogP contribution in [0.3, 0.4) is 0 Å². The van der Waals surface area contributed by atoms with E-state index in [0.717, 1.165) is 18.0 Å². The molecular weight excluding hydrogens is 341 g/mol. The third kappa shape index (κ3) is 3.30. The van der Waals surface area contributed by atoms with Crippen LogP contribution in [0, 0.1) is 5.82 Å². The summed E-state index contributed by atoms with van der Waals surface area (Å²) >= 11 is 0. The van der Waals surface area contributed by atoms with Crippen LogP contribution in [0.15, 0.2) is 29.3 Å². The van der Waals surface area contributed by atoms with Crippen LogP contribution in [-0.4, -0.2) is 58.7 Å².